The molecule has 0 unspecified atom stereocenters. The van der Waals surface area contributed by atoms with Gasteiger partial charge in [-0.05, 0) is 73.1 Å². The first kappa shape index (κ1) is 24.2. The number of hydrogen-bond acceptors (Lipinski definition) is 5. The molecule has 0 saturated heterocycles. The number of methoxy groups -OCH3 is 1. The highest BCUT2D eigenvalue weighted by molar-refractivity contribution is 6.01. The molecule has 6 heteroatoms. The van der Waals surface area contributed by atoms with Crippen molar-refractivity contribution in [1.29, 1.82) is 0 Å². The summed E-state index contributed by atoms with van der Waals surface area (Å²) in [6.45, 7) is 5.19. The number of rotatable bonds is 9. The van der Waals surface area contributed by atoms with Crippen LogP contribution in [0.5, 0.6) is 5.75 Å². The first-order valence-corrected chi connectivity index (χ1v) is 11.3. The number of esters is 1. The van der Waals surface area contributed by atoms with Crippen LogP contribution in [-0.2, 0) is 27.2 Å². The van der Waals surface area contributed by atoms with Crippen molar-refractivity contribution >= 4 is 23.7 Å². The maximum atomic E-state index is 12.8. The molecule has 0 bridgehead atoms. The molecular formula is C27H31NO5. The standard InChI is InChI=1S/C27H31NO5/c1-17(2)25(28-24(29)15-10-19-8-13-23(32-4)14-9-19)27(31)33-18(3)26(30)22-12-11-20-6-5-7-21(20)16-22/h8-18,25H,5-7H2,1-4H3,(H,28,29)/b15-10+/t18-,25-/m0/s1. The largest absolute Gasteiger partial charge is 0.497 e. The Morgan fingerprint density at radius 3 is 2.33 bits per heavy atom. The zero-order chi connectivity index (χ0) is 24.0. The molecule has 2 aromatic carbocycles. The number of hydrogen-bond donors (Lipinski definition) is 1. The van der Waals surface area contributed by atoms with E-state index in [2.05, 4.69) is 5.32 Å². The Morgan fingerprint density at radius 1 is 0.970 bits per heavy atom. The topological polar surface area (TPSA) is 81.7 Å². The summed E-state index contributed by atoms with van der Waals surface area (Å²) in [7, 11) is 1.59. The van der Waals surface area contributed by atoms with E-state index in [0.717, 1.165) is 30.6 Å². The Kier molecular flexibility index (Phi) is 8.04. The zero-order valence-electron chi connectivity index (χ0n) is 19.6. The molecule has 0 radical (unpaired) electrons. The Labute approximate surface area is 195 Å². The van der Waals surface area contributed by atoms with Crippen molar-refractivity contribution in [3.8, 4) is 5.75 Å². The molecule has 0 fully saturated rings. The van der Waals surface area contributed by atoms with Gasteiger partial charge in [-0.1, -0.05) is 38.1 Å². The van der Waals surface area contributed by atoms with Crippen LogP contribution >= 0.6 is 0 Å². The van der Waals surface area contributed by atoms with E-state index in [1.165, 1.54) is 17.2 Å². The fourth-order valence-corrected chi connectivity index (χ4v) is 3.85. The van der Waals surface area contributed by atoms with Gasteiger partial charge in [0.2, 0.25) is 11.7 Å². The number of ether oxygens (including phenoxy) is 2. The molecule has 6 nitrogen and oxygen atoms in total. The summed E-state index contributed by atoms with van der Waals surface area (Å²) in [5.41, 5.74) is 3.84. The van der Waals surface area contributed by atoms with Crippen molar-refractivity contribution in [2.45, 2.75) is 52.2 Å². The van der Waals surface area contributed by atoms with Crippen molar-refractivity contribution in [2.75, 3.05) is 7.11 Å². The molecule has 33 heavy (non-hydrogen) atoms. The minimum atomic E-state index is -0.940. The van der Waals surface area contributed by atoms with E-state index in [9.17, 15) is 14.4 Å². The summed E-state index contributed by atoms with van der Waals surface area (Å²) >= 11 is 0. The second kappa shape index (κ2) is 10.9. The van der Waals surface area contributed by atoms with Crippen LogP contribution in [0.3, 0.4) is 0 Å². The van der Waals surface area contributed by atoms with E-state index in [1.807, 2.05) is 38.1 Å². The van der Waals surface area contributed by atoms with E-state index < -0.39 is 24.0 Å². The summed E-state index contributed by atoms with van der Waals surface area (Å²) < 4.78 is 10.6. The molecule has 174 valence electrons. The minimum absolute atomic E-state index is 0.210. The van der Waals surface area contributed by atoms with Gasteiger partial charge >= 0.3 is 5.97 Å². The van der Waals surface area contributed by atoms with Gasteiger partial charge in [0.15, 0.2) is 6.10 Å². The highest BCUT2D eigenvalue weighted by atomic mass is 16.5. The number of benzene rings is 2. The van der Waals surface area contributed by atoms with Gasteiger partial charge in [-0.2, -0.15) is 0 Å². The van der Waals surface area contributed by atoms with Crippen LogP contribution in [0.4, 0.5) is 0 Å². The van der Waals surface area contributed by atoms with Crippen LogP contribution in [0.2, 0.25) is 0 Å². The van der Waals surface area contributed by atoms with Crippen LogP contribution in [0, 0.1) is 5.92 Å². The van der Waals surface area contributed by atoms with Gasteiger partial charge in [-0.3, -0.25) is 9.59 Å². The number of aryl methyl sites for hydroxylation is 2. The van der Waals surface area contributed by atoms with Crippen LogP contribution in [0.15, 0.2) is 48.5 Å². The molecule has 2 atom stereocenters. The van der Waals surface area contributed by atoms with Crippen molar-refractivity contribution in [1.82, 2.24) is 5.32 Å². The van der Waals surface area contributed by atoms with Gasteiger partial charge in [0.05, 0.1) is 7.11 Å². The molecule has 0 aromatic heterocycles. The Morgan fingerprint density at radius 2 is 1.67 bits per heavy atom. The summed E-state index contributed by atoms with van der Waals surface area (Å²) in [4.78, 5) is 38.0. The van der Waals surface area contributed by atoms with E-state index in [-0.39, 0.29) is 11.7 Å². The molecule has 2 aromatic rings. The van der Waals surface area contributed by atoms with Crippen molar-refractivity contribution in [3.05, 3.63) is 70.8 Å². The van der Waals surface area contributed by atoms with Gasteiger partial charge in [0.1, 0.15) is 11.8 Å². The maximum absolute atomic E-state index is 12.8. The molecule has 0 saturated carbocycles. The number of Topliss-reactive ketones (excluding diaryl/α,β-unsaturated/α-hetero) is 1. The predicted molar refractivity (Wildman–Crippen MR) is 127 cm³/mol. The lowest BCUT2D eigenvalue weighted by Gasteiger charge is -2.22. The van der Waals surface area contributed by atoms with Gasteiger partial charge < -0.3 is 14.8 Å². The Balaban J connectivity index is 1.59. The first-order valence-electron chi connectivity index (χ1n) is 11.3. The average Bonchev–Trinajstić information content (AvgIpc) is 3.28. The van der Waals surface area contributed by atoms with Crippen LogP contribution in [0.1, 0.15) is 54.2 Å². The molecule has 1 amide bonds. The number of carbonyl (C=O) groups is 3. The maximum Gasteiger partial charge on any atom is 0.329 e. The summed E-state index contributed by atoms with van der Waals surface area (Å²) in [6, 6.07) is 12.1. The Bertz CT molecular complexity index is 1040. The van der Waals surface area contributed by atoms with E-state index >= 15 is 0 Å². The first-order chi connectivity index (χ1) is 15.8. The molecule has 0 spiro atoms. The summed E-state index contributed by atoms with van der Waals surface area (Å²) in [5.74, 6) is -0.774. The fraction of sp³-hybridized carbons (Fsp3) is 0.370. The molecule has 0 aliphatic heterocycles. The molecule has 3 rings (SSSR count). The van der Waals surface area contributed by atoms with E-state index in [1.54, 1.807) is 38.3 Å². The van der Waals surface area contributed by atoms with Gasteiger partial charge in [-0.15, -0.1) is 0 Å². The Hall–Kier alpha value is -3.41. The summed E-state index contributed by atoms with van der Waals surface area (Å²) in [6.07, 6.45) is 5.18. The second-order valence-electron chi connectivity index (χ2n) is 8.62. The lowest BCUT2D eigenvalue weighted by atomic mass is 10.0. The lowest BCUT2D eigenvalue weighted by Crippen LogP contribution is -2.46. The number of nitrogens with one attached hydrogen (secondary N) is 1. The normalized spacial score (nSPS) is 14.6. The second-order valence-corrected chi connectivity index (χ2v) is 8.62. The molecule has 1 aliphatic carbocycles. The fourth-order valence-electron chi connectivity index (χ4n) is 3.85. The number of fused-ring (bicyclic) bond motifs is 1. The van der Waals surface area contributed by atoms with E-state index in [4.69, 9.17) is 9.47 Å². The lowest BCUT2D eigenvalue weighted by molar-refractivity contribution is -0.151. The smallest absolute Gasteiger partial charge is 0.329 e. The third-order valence-corrected chi connectivity index (χ3v) is 5.81. The van der Waals surface area contributed by atoms with Gasteiger partial charge in [0.25, 0.3) is 0 Å². The van der Waals surface area contributed by atoms with Gasteiger partial charge in [-0.25, -0.2) is 4.79 Å². The molecule has 1 N–H and O–H groups in total. The van der Waals surface area contributed by atoms with Crippen molar-refractivity contribution < 1.29 is 23.9 Å². The molecule has 1 aliphatic rings. The minimum Gasteiger partial charge on any atom is -0.497 e. The third kappa shape index (κ3) is 6.31. The number of carbonyl (C=O) groups excluding carboxylic acids is 3. The van der Waals surface area contributed by atoms with E-state index in [0.29, 0.717) is 5.56 Å². The average molecular weight is 450 g/mol. The highest BCUT2D eigenvalue weighted by Crippen LogP contribution is 2.23. The van der Waals surface area contributed by atoms with Gasteiger partial charge in [0, 0.05) is 11.6 Å². The van der Waals surface area contributed by atoms with Crippen LogP contribution in [0.25, 0.3) is 6.08 Å². The highest BCUT2D eigenvalue weighted by Gasteiger charge is 2.29. The predicted octanol–water partition coefficient (Wildman–Crippen LogP) is 4.15. The monoisotopic (exact) mass is 449 g/mol. The number of ketones is 1. The SMILES string of the molecule is COc1ccc(/C=C/C(=O)N[C@H](C(=O)O[C@@H](C)C(=O)c2ccc3c(c2)CCC3)C(C)C)cc1. The number of amides is 1. The van der Waals surface area contributed by atoms with Crippen LogP contribution < -0.4 is 10.1 Å². The molecule has 0 heterocycles. The zero-order valence-corrected chi connectivity index (χ0v) is 19.6. The summed E-state index contributed by atoms with van der Waals surface area (Å²) in [5, 5.41) is 2.69. The van der Waals surface area contributed by atoms with Crippen molar-refractivity contribution in [2.24, 2.45) is 5.92 Å². The van der Waals surface area contributed by atoms with Crippen LogP contribution in [-0.4, -0.2) is 36.9 Å². The third-order valence-electron chi connectivity index (χ3n) is 5.81. The molecular weight excluding hydrogens is 418 g/mol. The quantitative estimate of drug-likeness (QED) is 0.353. The van der Waals surface area contributed by atoms with Crippen molar-refractivity contribution in [3.63, 3.8) is 0 Å².